The summed E-state index contributed by atoms with van der Waals surface area (Å²) >= 11 is 0. The number of rotatable bonds is 3. The summed E-state index contributed by atoms with van der Waals surface area (Å²) in [6.45, 7) is 0. The Morgan fingerprint density at radius 3 is 0.692 bits per heavy atom. The molecule has 3 aliphatic heterocycles. The van der Waals surface area contributed by atoms with Gasteiger partial charge >= 0.3 is 0 Å². The number of benzene rings is 3. The molecule has 0 atom stereocenters. The average Bonchev–Trinajstić information content (AvgIpc) is 3.48. The lowest BCUT2D eigenvalue weighted by molar-refractivity contribution is 0.0362. The Morgan fingerprint density at radius 2 is 0.513 bits per heavy atom. The van der Waals surface area contributed by atoms with Gasteiger partial charge in [-0.05, 0) is 42.3 Å². The van der Waals surface area contributed by atoms with E-state index in [9.17, 15) is 0 Å². The molecule has 0 unspecified atom stereocenters. The molecule has 9 heteroatoms. The summed E-state index contributed by atoms with van der Waals surface area (Å²) in [6, 6.07) is 36.5. The zero-order valence-electron chi connectivity index (χ0n) is 23.6. The van der Waals surface area contributed by atoms with Crippen LogP contribution >= 0.6 is 24.7 Å². The van der Waals surface area contributed by atoms with E-state index in [1.54, 1.807) is 0 Å². The highest BCUT2D eigenvalue weighted by Gasteiger charge is 2.69. The van der Waals surface area contributed by atoms with Crippen LogP contribution in [0.3, 0.4) is 0 Å². The van der Waals surface area contributed by atoms with Crippen LogP contribution in [0.5, 0.6) is 0 Å². The number of nitrogens with zero attached hydrogens (tertiary/aromatic N) is 6. The lowest BCUT2D eigenvalue weighted by Gasteiger charge is -2.49. The third-order valence-electron chi connectivity index (χ3n) is 9.44. The molecule has 0 N–H and O–H groups in total. The van der Waals surface area contributed by atoms with Gasteiger partial charge in [-0.25, -0.2) is 0 Å². The summed E-state index contributed by atoms with van der Waals surface area (Å²) in [7, 11) is 12.7. The third-order valence-corrected chi connectivity index (χ3v) is 16.9. The molecule has 204 valence electrons. The molecule has 3 heterocycles. The molecule has 39 heavy (non-hydrogen) atoms. The van der Waals surface area contributed by atoms with Crippen molar-refractivity contribution in [3.8, 4) is 0 Å². The molecule has 4 fully saturated rings. The second-order valence-corrected chi connectivity index (χ2v) is 18.3. The highest BCUT2D eigenvalue weighted by molar-refractivity contribution is 7.62. The highest BCUT2D eigenvalue weighted by atomic mass is 31.1. The predicted octanol–water partition coefficient (Wildman–Crippen LogP) is 3.76. The zero-order valence-corrected chi connectivity index (χ0v) is 26.3. The number of likely N-dealkylation sites (N-methyl/N-ethyl adjacent to an activating group) is 6. The second-order valence-electron chi connectivity index (χ2n) is 11.3. The maximum atomic E-state index is 2.77. The third kappa shape index (κ3) is 3.88. The quantitative estimate of drug-likeness (QED) is 0.440. The van der Waals surface area contributed by atoms with E-state index in [0.717, 1.165) is 0 Å². The Morgan fingerprint density at radius 1 is 0.333 bits per heavy atom. The van der Waals surface area contributed by atoms with Gasteiger partial charge in [0.25, 0.3) is 0 Å². The smallest absolute Gasteiger partial charge is 0.0726 e. The molecule has 0 spiro atoms. The molecule has 0 aromatic heterocycles. The first kappa shape index (κ1) is 26.6. The van der Waals surface area contributed by atoms with Crippen LogP contribution in [0.2, 0.25) is 0 Å². The lowest BCUT2D eigenvalue weighted by Crippen LogP contribution is -2.71. The first-order valence-corrected chi connectivity index (χ1v) is 17.6. The first-order valence-electron chi connectivity index (χ1n) is 13.8. The van der Waals surface area contributed by atoms with Crippen LogP contribution in [0.4, 0.5) is 0 Å². The topological polar surface area (TPSA) is 19.4 Å². The molecule has 3 aromatic rings. The lowest BCUT2D eigenvalue weighted by atomic mass is 9.75. The minimum Gasteiger partial charge on any atom is -0.263 e. The minimum absolute atomic E-state index is 0.456. The fourth-order valence-corrected chi connectivity index (χ4v) is 16.1. The van der Waals surface area contributed by atoms with Crippen molar-refractivity contribution in [3.63, 3.8) is 0 Å². The van der Waals surface area contributed by atoms with E-state index < -0.39 is 24.7 Å². The van der Waals surface area contributed by atoms with Crippen molar-refractivity contribution in [2.45, 2.75) is 36.3 Å². The van der Waals surface area contributed by atoms with E-state index in [2.05, 4.69) is 161 Å². The van der Waals surface area contributed by atoms with Crippen molar-refractivity contribution in [1.82, 2.24) is 28.0 Å². The zero-order chi connectivity index (χ0) is 27.0. The number of fused-ring (bicyclic) bond motifs is 6. The summed E-state index contributed by atoms with van der Waals surface area (Å²) in [5.41, 5.74) is 0. The molecule has 0 radical (unpaired) electrons. The molecule has 3 aromatic carbocycles. The molecule has 1 aliphatic carbocycles. The van der Waals surface area contributed by atoms with Gasteiger partial charge in [-0.15, -0.1) is 0 Å². The normalized spacial score (nSPS) is 38.2. The summed E-state index contributed by atoms with van der Waals surface area (Å²) < 4.78 is 16.6. The second kappa shape index (κ2) is 10.2. The van der Waals surface area contributed by atoms with Gasteiger partial charge < -0.3 is 0 Å². The first-order chi connectivity index (χ1) is 18.9. The van der Waals surface area contributed by atoms with Crippen LogP contribution in [-0.4, -0.2) is 107 Å². The van der Waals surface area contributed by atoms with Gasteiger partial charge in [0.15, 0.2) is 0 Å². The molecule has 1 saturated carbocycles. The fraction of sp³-hybridized carbons (Fsp3) is 0.400. The van der Waals surface area contributed by atoms with E-state index in [0.29, 0.717) is 36.3 Å². The van der Waals surface area contributed by atoms with Gasteiger partial charge in [0.05, 0.1) is 24.7 Å². The Kier molecular flexibility index (Phi) is 6.96. The van der Waals surface area contributed by atoms with Gasteiger partial charge in [0.1, 0.15) is 0 Å². The van der Waals surface area contributed by atoms with E-state index in [1.165, 1.54) is 15.9 Å². The van der Waals surface area contributed by atoms with E-state index in [1.807, 2.05) is 0 Å². The van der Waals surface area contributed by atoms with E-state index >= 15 is 0 Å². The Hall–Kier alpha value is -1.29. The summed E-state index contributed by atoms with van der Waals surface area (Å²) in [5.74, 6) is 0. The molecule has 3 saturated heterocycles. The largest absolute Gasteiger partial charge is 0.263 e. The van der Waals surface area contributed by atoms with Crippen molar-refractivity contribution in [1.29, 1.82) is 0 Å². The standard InChI is InChI=1S/C30H39N6P3/c1-31-25-26(32(2)37(31)22-16-10-7-11-17-22)28-30(36(6)39(34(28)4)24-20-14-9-15-21-24)29-27(25)33(3)38(35(29)5)23-18-12-8-13-19-23/h7-21,25-30H,1-6H3. The summed E-state index contributed by atoms with van der Waals surface area (Å²) in [6.07, 6.45) is 0. The van der Waals surface area contributed by atoms with Gasteiger partial charge in [-0.1, -0.05) is 91.0 Å². The van der Waals surface area contributed by atoms with Crippen molar-refractivity contribution in [2.24, 2.45) is 0 Å². The maximum Gasteiger partial charge on any atom is 0.0726 e. The van der Waals surface area contributed by atoms with Gasteiger partial charge in [-0.2, -0.15) is 0 Å². The van der Waals surface area contributed by atoms with Crippen molar-refractivity contribution < 1.29 is 0 Å². The van der Waals surface area contributed by atoms with Gasteiger partial charge in [-0.3, -0.25) is 28.0 Å². The van der Waals surface area contributed by atoms with Crippen molar-refractivity contribution >= 4 is 40.6 Å². The summed E-state index contributed by atoms with van der Waals surface area (Å²) in [4.78, 5) is 0. The van der Waals surface area contributed by atoms with Gasteiger partial charge in [0.2, 0.25) is 0 Å². The molecule has 0 amide bonds. The monoisotopic (exact) mass is 576 g/mol. The molecule has 0 bridgehead atoms. The number of hydrogen-bond acceptors (Lipinski definition) is 6. The molecule has 4 aliphatic rings. The molecule has 6 nitrogen and oxygen atoms in total. The van der Waals surface area contributed by atoms with Crippen molar-refractivity contribution in [2.75, 3.05) is 42.3 Å². The van der Waals surface area contributed by atoms with Gasteiger partial charge in [0, 0.05) is 52.2 Å². The Bertz CT molecular complexity index is 1090. The predicted molar refractivity (Wildman–Crippen MR) is 168 cm³/mol. The average molecular weight is 577 g/mol. The maximum absolute atomic E-state index is 2.77. The molecular weight excluding hydrogens is 537 g/mol. The van der Waals surface area contributed by atoms with Crippen LogP contribution in [0.15, 0.2) is 91.0 Å². The fourth-order valence-electron chi connectivity index (χ4n) is 8.07. The SMILES string of the molecule is CN1C2C3C(C4C(C2N(C)P1c1ccccc1)N(C)P(c1ccccc1)N4C)N(C)P(c1ccccc1)N3C. The number of hydrogen-bond donors (Lipinski definition) is 0. The summed E-state index contributed by atoms with van der Waals surface area (Å²) in [5, 5.41) is 4.37. The Labute approximate surface area is 237 Å². The van der Waals surface area contributed by atoms with Crippen LogP contribution in [0, 0.1) is 0 Å². The van der Waals surface area contributed by atoms with Crippen LogP contribution < -0.4 is 15.9 Å². The molecule has 7 rings (SSSR count). The van der Waals surface area contributed by atoms with E-state index in [-0.39, 0.29) is 0 Å². The van der Waals surface area contributed by atoms with Crippen LogP contribution in [0.1, 0.15) is 0 Å². The van der Waals surface area contributed by atoms with Crippen LogP contribution in [-0.2, 0) is 0 Å². The van der Waals surface area contributed by atoms with E-state index in [4.69, 9.17) is 0 Å². The highest BCUT2D eigenvalue weighted by Crippen LogP contribution is 2.66. The Balaban J connectivity index is 1.38. The minimum atomic E-state index is -0.573. The molecular formula is C30H39N6P3. The van der Waals surface area contributed by atoms with Crippen molar-refractivity contribution in [3.05, 3.63) is 91.0 Å². The van der Waals surface area contributed by atoms with Crippen LogP contribution in [0.25, 0.3) is 0 Å².